The highest BCUT2D eigenvalue weighted by Gasteiger charge is 2.26. The van der Waals surface area contributed by atoms with Crippen molar-refractivity contribution in [1.82, 2.24) is 5.32 Å². The van der Waals surface area contributed by atoms with Crippen LogP contribution in [0.5, 0.6) is 5.75 Å². The molecule has 3 rings (SSSR count). The number of nitrogens with one attached hydrogen (secondary N) is 1. The molecule has 1 atom stereocenters. The minimum absolute atomic E-state index is 0.0603. The molecule has 4 nitrogen and oxygen atoms in total. The Morgan fingerprint density at radius 1 is 1.26 bits per heavy atom. The van der Waals surface area contributed by atoms with E-state index >= 15 is 0 Å². The monoisotopic (exact) mass is 310 g/mol. The molecule has 120 valence electrons. The minimum atomic E-state index is -0.0603. The number of nitrogens with zero attached hydrogens (tertiary/aromatic N) is 1. The van der Waals surface area contributed by atoms with E-state index in [-0.39, 0.29) is 6.03 Å². The fourth-order valence-corrected chi connectivity index (χ4v) is 3.01. The first-order valence-electron chi connectivity index (χ1n) is 7.93. The molecule has 1 aliphatic rings. The highest BCUT2D eigenvalue weighted by atomic mass is 16.5. The third-order valence-corrected chi connectivity index (χ3v) is 4.18. The summed E-state index contributed by atoms with van der Waals surface area (Å²) in [5.41, 5.74) is 3.24. The molecule has 0 spiro atoms. The second-order valence-electron chi connectivity index (χ2n) is 6.06. The molecule has 1 heterocycles. The lowest BCUT2D eigenvalue weighted by Crippen LogP contribution is -2.45. The highest BCUT2D eigenvalue weighted by molar-refractivity contribution is 5.93. The van der Waals surface area contributed by atoms with Gasteiger partial charge in [0.15, 0.2) is 0 Å². The van der Waals surface area contributed by atoms with Crippen LogP contribution in [0.2, 0.25) is 0 Å². The summed E-state index contributed by atoms with van der Waals surface area (Å²) in [5, 5.41) is 3.01. The van der Waals surface area contributed by atoms with Crippen LogP contribution in [0.4, 0.5) is 10.5 Å². The van der Waals surface area contributed by atoms with E-state index in [4.69, 9.17) is 4.74 Å². The Morgan fingerprint density at radius 2 is 2.04 bits per heavy atom. The molecule has 0 radical (unpaired) electrons. The Balaban J connectivity index is 1.78. The van der Waals surface area contributed by atoms with Gasteiger partial charge < -0.3 is 10.1 Å². The molecular formula is C19H22N2O2. The highest BCUT2D eigenvalue weighted by Crippen LogP contribution is 2.32. The van der Waals surface area contributed by atoms with Crippen LogP contribution in [-0.2, 0) is 13.0 Å². The van der Waals surface area contributed by atoms with Gasteiger partial charge in [0.1, 0.15) is 5.75 Å². The number of urea groups is 1. The summed E-state index contributed by atoms with van der Waals surface area (Å²) in [7, 11) is 1.65. The molecule has 0 bridgehead atoms. The molecule has 2 aromatic carbocycles. The van der Waals surface area contributed by atoms with Gasteiger partial charge in [-0.1, -0.05) is 43.3 Å². The fraction of sp³-hybridized carbons (Fsp3) is 0.316. The topological polar surface area (TPSA) is 41.6 Å². The number of carbonyl (C=O) groups is 1. The molecule has 0 aromatic heterocycles. The fourth-order valence-electron chi connectivity index (χ4n) is 3.01. The third-order valence-electron chi connectivity index (χ3n) is 4.18. The Hall–Kier alpha value is -2.49. The number of ether oxygens (including phenoxy) is 1. The molecule has 1 unspecified atom stereocenters. The van der Waals surface area contributed by atoms with Gasteiger partial charge in [-0.05, 0) is 29.5 Å². The van der Waals surface area contributed by atoms with Crippen LogP contribution in [0.25, 0.3) is 0 Å². The second-order valence-corrected chi connectivity index (χ2v) is 6.06. The first-order chi connectivity index (χ1) is 11.2. The Bertz CT molecular complexity index is 685. The van der Waals surface area contributed by atoms with Crippen molar-refractivity contribution in [1.29, 1.82) is 0 Å². The maximum Gasteiger partial charge on any atom is 0.322 e. The molecule has 2 amide bonds. The molecule has 4 heteroatoms. The van der Waals surface area contributed by atoms with Crippen LogP contribution in [0.1, 0.15) is 18.1 Å². The van der Waals surface area contributed by atoms with Gasteiger partial charge in [-0.15, -0.1) is 0 Å². The first kappa shape index (κ1) is 15.4. The van der Waals surface area contributed by atoms with E-state index in [1.54, 1.807) is 7.11 Å². The summed E-state index contributed by atoms with van der Waals surface area (Å²) in [4.78, 5) is 14.5. The van der Waals surface area contributed by atoms with Gasteiger partial charge in [-0.25, -0.2) is 4.79 Å². The molecular weight excluding hydrogens is 288 g/mol. The molecule has 1 N–H and O–H groups in total. The lowest BCUT2D eigenvalue weighted by Gasteiger charge is -2.33. The number of carbonyl (C=O) groups excluding carboxylic acids is 1. The van der Waals surface area contributed by atoms with E-state index in [9.17, 15) is 4.79 Å². The van der Waals surface area contributed by atoms with Gasteiger partial charge in [0.2, 0.25) is 0 Å². The number of hydrogen-bond acceptors (Lipinski definition) is 2. The average molecular weight is 310 g/mol. The summed E-state index contributed by atoms with van der Waals surface area (Å²) in [6.45, 7) is 3.43. The predicted octanol–water partition coefficient (Wildman–Crippen LogP) is 3.60. The molecule has 0 saturated heterocycles. The van der Waals surface area contributed by atoms with Crippen LogP contribution in [0.15, 0.2) is 48.5 Å². The van der Waals surface area contributed by atoms with E-state index in [0.29, 0.717) is 12.5 Å². The number of amides is 2. The quantitative estimate of drug-likeness (QED) is 0.941. The summed E-state index contributed by atoms with van der Waals surface area (Å²) in [5.74, 6) is 1.22. The normalized spacial score (nSPS) is 16.6. The van der Waals surface area contributed by atoms with E-state index in [1.165, 1.54) is 5.56 Å². The molecule has 1 aliphatic heterocycles. The van der Waals surface area contributed by atoms with Crippen LogP contribution in [0.3, 0.4) is 0 Å². The van der Waals surface area contributed by atoms with E-state index in [2.05, 4.69) is 18.3 Å². The largest absolute Gasteiger partial charge is 0.497 e. The van der Waals surface area contributed by atoms with E-state index in [0.717, 1.165) is 30.0 Å². The second kappa shape index (κ2) is 6.73. The van der Waals surface area contributed by atoms with Crippen molar-refractivity contribution in [3.63, 3.8) is 0 Å². The maximum absolute atomic E-state index is 12.7. The van der Waals surface area contributed by atoms with Crippen molar-refractivity contribution in [2.45, 2.75) is 19.9 Å². The Kier molecular flexibility index (Phi) is 4.51. The molecule has 0 fully saturated rings. The lowest BCUT2D eigenvalue weighted by molar-refractivity contribution is 0.244. The van der Waals surface area contributed by atoms with Crippen LogP contribution in [-0.4, -0.2) is 19.7 Å². The lowest BCUT2D eigenvalue weighted by atomic mass is 9.94. The van der Waals surface area contributed by atoms with Gasteiger partial charge >= 0.3 is 6.03 Å². The van der Waals surface area contributed by atoms with E-state index in [1.807, 2.05) is 47.4 Å². The summed E-state index contributed by atoms with van der Waals surface area (Å²) < 4.78 is 5.31. The summed E-state index contributed by atoms with van der Waals surface area (Å²) in [6, 6.07) is 15.8. The van der Waals surface area contributed by atoms with E-state index < -0.39 is 0 Å². The number of methoxy groups -OCH3 is 1. The third kappa shape index (κ3) is 3.47. The van der Waals surface area contributed by atoms with Crippen molar-refractivity contribution in [2.24, 2.45) is 5.92 Å². The maximum atomic E-state index is 12.7. The van der Waals surface area contributed by atoms with Crippen molar-refractivity contribution >= 4 is 11.7 Å². The van der Waals surface area contributed by atoms with Crippen molar-refractivity contribution in [3.8, 4) is 5.75 Å². The van der Waals surface area contributed by atoms with Crippen molar-refractivity contribution in [2.75, 3.05) is 18.6 Å². The van der Waals surface area contributed by atoms with Gasteiger partial charge in [-0.2, -0.15) is 0 Å². The van der Waals surface area contributed by atoms with Crippen LogP contribution >= 0.6 is 0 Å². The molecule has 0 saturated carbocycles. The Labute approximate surface area is 137 Å². The zero-order valence-corrected chi connectivity index (χ0v) is 13.6. The summed E-state index contributed by atoms with van der Waals surface area (Å²) in [6.07, 6.45) is 0.988. The van der Waals surface area contributed by atoms with Gasteiger partial charge in [0.05, 0.1) is 12.8 Å². The Morgan fingerprint density at radius 3 is 2.78 bits per heavy atom. The van der Waals surface area contributed by atoms with Crippen molar-refractivity contribution < 1.29 is 9.53 Å². The average Bonchev–Trinajstić information content (AvgIpc) is 2.59. The zero-order valence-electron chi connectivity index (χ0n) is 13.6. The molecule has 2 aromatic rings. The predicted molar refractivity (Wildman–Crippen MR) is 91.9 cm³/mol. The first-order valence-corrected chi connectivity index (χ1v) is 7.93. The van der Waals surface area contributed by atoms with Crippen molar-refractivity contribution in [3.05, 3.63) is 59.7 Å². The standard InChI is InChI=1S/C19H22N2O2/c1-14-10-16-8-9-17(23-2)11-18(16)21(13-14)19(22)20-12-15-6-4-3-5-7-15/h3-9,11,14H,10,12-13H2,1-2H3,(H,20,22). The van der Waals surface area contributed by atoms with Crippen LogP contribution < -0.4 is 15.0 Å². The minimum Gasteiger partial charge on any atom is -0.497 e. The van der Waals surface area contributed by atoms with Gasteiger partial charge in [0, 0.05) is 19.2 Å². The van der Waals surface area contributed by atoms with Gasteiger partial charge in [0.25, 0.3) is 0 Å². The number of hydrogen-bond donors (Lipinski definition) is 1. The number of fused-ring (bicyclic) bond motifs is 1. The summed E-state index contributed by atoms with van der Waals surface area (Å²) >= 11 is 0. The smallest absolute Gasteiger partial charge is 0.322 e. The van der Waals surface area contributed by atoms with Crippen LogP contribution in [0, 0.1) is 5.92 Å². The number of benzene rings is 2. The SMILES string of the molecule is COc1ccc2c(c1)N(C(=O)NCc1ccccc1)CC(C)C2. The number of anilines is 1. The molecule has 0 aliphatic carbocycles. The number of rotatable bonds is 3. The zero-order chi connectivity index (χ0) is 16.2. The molecule has 23 heavy (non-hydrogen) atoms. The van der Waals surface area contributed by atoms with Gasteiger partial charge in [-0.3, -0.25) is 4.90 Å².